The van der Waals surface area contributed by atoms with Gasteiger partial charge in [0.15, 0.2) is 11.6 Å². The van der Waals surface area contributed by atoms with Gasteiger partial charge in [-0.3, -0.25) is 9.59 Å². The van der Waals surface area contributed by atoms with Gasteiger partial charge in [0.1, 0.15) is 17.3 Å². The summed E-state index contributed by atoms with van der Waals surface area (Å²) in [7, 11) is 1.61. The van der Waals surface area contributed by atoms with Crippen LogP contribution in [0.25, 0.3) is 0 Å². The number of rotatable bonds is 9. The predicted molar refractivity (Wildman–Crippen MR) is 136 cm³/mol. The van der Waals surface area contributed by atoms with Crippen molar-refractivity contribution in [3.8, 4) is 11.5 Å². The van der Waals surface area contributed by atoms with Gasteiger partial charge in [0.2, 0.25) is 0 Å². The molecule has 0 atom stereocenters. The highest BCUT2D eigenvalue weighted by atomic mass is 16.5. The summed E-state index contributed by atoms with van der Waals surface area (Å²) in [5.41, 5.74) is 3.34. The fourth-order valence-electron chi connectivity index (χ4n) is 3.22. The molecule has 0 heterocycles. The first kappa shape index (κ1) is 24.5. The Kier molecular flexibility index (Phi) is 8.36. The van der Waals surface area contributed by atoms with E-state index in [-0.39, 0.29) is 11.6 Å². The van der Waals surface area contributed by atoms with Gasteiger partial charge in [-0.1, -0.05) is 66.2 Å². The molecule has 0 saturated carbocycles. The minimum atomic E-state index is -0.116. The Morgan fingerprint density at radius 1 is 0.735 bits per heavy atom. The van der Waals surface area contributed by atoms with E-state index in [1.165, 1.54) is 0 Å². The number of aryl methyl sites for hydroxylation is 1. The molecule has 0 aliphatic carbocycles. The van der Waals surface area contributed by atoms with E-state index in [0.29, 0.717) is 33.8 Å². The predicted octanol–water partition coefficient (Wildman–Crippen LogP) is 6.90. The van der Waals surface area contributed by atoms with Crippen molar-refractivity contribution >= 4 is 11.6 Å². The average Bonchev–Trinajstić information content (AvgIpc) is 2.87. The molecule has 0 spiro atoms. The number of benzene rings is 3. The zero-order chi connectivity index (χ0) is 24.5. The van der Waals surface area contributed by atoms with Crippen LogP contribution in [0.5, 0.6) is 11.5 Å². The van der Waals surface area contributed by atoms with Gasteiger partial charge in [-0.05, 0) is 62.8 Å². The van der Waals surface area contributed by atoms with Crippen molar-refractivity contribution in [1.82, 2.24) is 0 Å². The van der Waals surface area contributed by atoms with E-state index in [1.54, 1.807) is 50.5 Å². The molecule has 0 aliphatic heterocycles. The van der Waals surface area contributed by atoms with Gasteiger partial charge in [-0.25, -0.2) is 0 Å². The van der Waals surface area contributed by atoms with Crippen LogP contribution in [0.3, 0.4) is 0 Å². The lowest BCUT2D eigenvalue weighted by atomic mass is 9.98. The van der Waals surface area contributed by atoms with E-state index < -0.39 is 0 Å². The maximum atomic E-state index is 12.9. The molecule has 4 nitrogen and oxygen atoms in total. The van der Waals surface area contributed by atoms with Gasteiger partial charge < -0.3 is 9.47 Å². The third kappa shape index (κ3) is 6.42. The van der Waals surface area contributed by atoms with Crippen LogP contribution in [0.1, 0.15) is 45.7 Å². The lowest BCUT2D eigenvalue weighted by molar-refractivity contribution is 0.102. The third-order valence-corrected chi connectivity index (χ3v) is 5.20. The topological polar surface area (TPSA) is 52.6 Å². The van der Waals surface area contributed by atoms with E-state index in [9.17, 15) is 9.59 Å². The quantitative estimate of drug-likeness (QED) is 0.153. The number of ether oxygens (including phenoxy) is 2. The van der Waals surface area contributed by atoms with E-state index in [4.69, 9.17) is 9.47 Å². The van der Waals surface area contributed by atoms with Gasteiger partial charge in [-0.15, -0.1) is 0 Å². The fraction of sp³-hybridized carbons (Fsp3) is 0.133. The summed E-state index contributed by atoms with van der Waals surface area (Å²) in [5.74, 6) is 1.82. The first-order chi connectivity index (χ1) is 16.4. The van der Waals surface area contributed by atoms with Crippen LogP contribution >= 0.6 is 0 Å². The summed E-state index contributed by atoms with van der Waals surface area (Å²) in [6.07, 6.45) is 7.17. The van der Waals surface area contributed by atoms with Crippen molar-refractivity contribution in [3.63, 3.8) is 0 Å². The first-order valence-electron chi connectivity index (χ1n) is 11.0. The van der Waals surface area contributed by atoms with Crippen LogP contribution in [0.4, 0.5) is 0 Å². The normalized spacial score (nSPS) is 12.0. The van der Waals surface area contributed by atoms with E-state index in [1.807, 2.05) is 74.5 Å². The summed E-state index contributed by atoms with van der Waals surface area (Å²) >= 11 is 0. The van der Waals surface area contributed by atoms with Crippen molar-refractivity contribution in [1.29, 1.82) is 0 Å². The molecule has 0 amide bonds. The zero-order valence-corrected chi connectivity index (χ0v) is 19.9. The fourth-order valence-corrected chi connectivity index (χ4v) is 3.22. The minimum absolute atomic E-state index is 0.0686. The molecule has 0 saturated heterocycles. The molecule has 0 unspecified atom stereocenters. The van der Waals surface area contributed by atoms with Crippen molar-refractivity contribution in [2.75, 3.05) is 7.11 Å². The minimum Gasteiger partial charge on any atom is -0.497 e. The zero-order valence-electron chi connectivity index (χ0n) is 19.9. The molecular formula is C30H28O4. The summed E-state index contributed by atoms with van der Waals surface area (Å²) in [6.45, 7) is 5.63. The molecule has 0 aromatic heterocycles. The van der Waals surface area contributed by atoms with Crippen LogP contribution in [0, 0.1) is 6.92 Å². The Labute approximate surface area is 200 Å². The van der Waals surface area contributed by atoms with E-state index in [2.05, 4.69) is 0 Å². The Hall–Kier alpha value is -4.18. The van der Waals surface area contributed by atoms with Crippen molar-refractivity contribution in [2.45, 2.75) is 20.8 Å². The molecule has 34 heavy (non-hydrogen) atoms. The van der Waals surface area contributed by atoms with Crippen molar-refractivity contribution in [3.05, 3.63) is 131 Å². The molecular weight excluding hydrogens is 424 g/mol. The molecule has 3 aromatic rings. The Morgan fingerprint density at radius 3 is 1.82 bits per heavy atom. The maximum absolute atomic E-state index is 12.9. The van der Waals surface area contributed by atoms with Crippen LogP contribution in [0.2, 0.25) is 0 Å². The van der Waals surface area contributed by atoms with Gasteiger partial charge in [0, 0.05) is 16.7 Å². The number of methoxy groups -OCH3 is 1. The Bertz CT molecular complexity index is 1230. The molecule has 0 bridgehead atoms. The van der Waals surface area contributed by atoms with Crippen LogP contribution in [0.15, 0.2) is 108 Å². The standard InChI is InChI=1S/C30H28O4/c1-5-6-27(34-28-19-17-26(33-4)18-20-28)16-9-22(3)29(31)23-12-14-25(15-13-23)30(32)24-10-7-21(2)8-11-24/h5-20H,1-4H3/b6-5-,22-9+,27-16+. The second kappa shape index (κ2) is 11.6. The number of hydrogen-bond donors (Lipinski definition) is 0. The van der Waals surface area contributed by atoms with Gasteiger partial charge in [0.25, 0.3) is 0 Å². The molecule has 3 rings (SSSR count). The second-order valence-electron chi connectivity index (χ2n) is 7.80. The van der Waals surface area contributed by atoms with E-state index in [0.717, 1.165) is 11.3 Å². The van der Waals surface area contributed by atoms with Gasteiger partial charge in [-0.2, -0.15) is 0 Å². The second-order valence-corrected chi connectivity index (χ2v) is 7.80. The molecule has 4 heteroatoms. The van der Waals surface area contributed by atoms with E-state index >= 15 is 0 Å². The monoisotopic (exact) mass is 452 g/mol. The molecule has 0 N–H and O–H groups in total. The third-order valence-electron chi connectivity index (χ3n) is 5.20. The summed E-state index contributed by atoms with van der Waals surface area (Å²) in [6, 6.07) is 21.5. The highest BCUT2D eigenvalue weighted by Crippen LogP contribution is 2.20. The summed E-state index contributed by atoms with van der Waals surface area (Å²) < 4.78 is 11.1. The highest BCUT2D eigenvalue weighted by molar-refractivity contribution is 6.11. The smallest absolute Gasteiger partial charge is 0.193 e. The van der Waals surface area contributed by atoms with Crippen LogP contribution in [-0.2, 0) is 0 Å². The SMILES string of the molecule is C\C=C/C(=C\C=C(/C)C(=O)c1ccc(C(=O)c2ccc(C)cc2)cc1)Oc1ccc(OC)cc1. The van der Waals surface area contributed by atoms with Gasteiger partial charge >= 0.3 is 0 Å². The molecule has 0 radical (unpaired) electrons. The number of ketones is 2. The lowest BCUT2D eigenvalue weighted by Crippen LogP contribution is -2.04. The molecule has 3 aromatic carbocycles. The number of hydrogen-bond acceptors (Lipinski definition) is 4. The Balaban J connectivity index is 1.73. The number of carbonyl (C=O) groups excluding carboxylic acids is 2. The van der Waals surface area contributed by atoms with Crippen LogP contribution in [-0.4, -0.2) is 18.7 Å². The lowest BCUT2D eigenvalue weighted by Gasteiger charge is -2.07. The van der Waals surface area contributed by atoms with Crippen molar-refractivity contribution in [2.24, 2.45) is 0 Å². The Morgan fingerprint density at radius 2 is 1.26 bits per heavy atom. The summed E-state index contributed by atoms with van der Waals surface area (Å²) in [5, 5.41) is 0. The maximum Gasteiger partial charge on any atom is 0.193 e. The average molecular weight is 453 g/mol. The number of allylic oxidation sites excluding steroid dienone is 5. The largest absolute Gasteiger partial charge is 0.497 e. The molecule has 172 valence electrons. The summed E-state index contributed by atoms with van der Waals surface area (Å²) in [4.78, 5) is 25.5. The van der Waals surface area contributed by atoms with Crippen molar-refractivity contribution < 1.29 is 19.1 Å². The van der Waals surface area contributed by atoms with Gasteiger partial charge in [0.05, 0.1) is 7.11 Å². The highest BCUT2D eigenvalue weighted by Gasteiger charge is 2.12. The van der Waals surface area contributed by atoms with Crippen LogP contribution < -0.4 is 9.47 Å². The number of carbonyl (C=O) groups is 2. The molecule has 0 aliphatic rings. The molecule has 0 fully saturated rings. The first-order valence-corrected chi connectivity index (χ1v) is 11.0. The number of Topliss-reactive ketones (excluding diaryl/α,β-unsaturated/α-hetero) is 1.